The fourth-order valence-corrected chi connectivity index (χ4v) is 4.33. The van der Waals surface area contributed by atoms with E-state index in [-0.39, 0.29) is 24.1 Å². The number of benzene rings is 4. The van der Waals surface area contributed by atoms with Gasteiger partial charge in [-0.3, -0.25) is 14.4 Å². The van der Waals surface area contributed by atoms with Crippen LogP contribution in [0.5, 0.6) is 0 Å². The largest absolute Gasteiger partial charge is 0.397 e. The van der Waals surface area contributed by atoms with E-state index >= 15 is 0 Å². The van der Waals surface area contributed by atoms with Gasteiger partial charge < -0.3 is 21.7 Å². The van der Waals surface area contributed by atoms with Gasteiger partial charge in [-0.05, 0) is 60.2 Å². The molecule has 0 spiro atoms. The summed E-state index contributed by atoms with van der Waals surface area (Å²) >= 11 is 0. The normalized spacial score (nSPS) is 10.6. The number of anilines is 2. The summed E-state index contributed by atoms with van der Waals surface area (Å²) in [5.74, 6) is -1.85. The maximum absolute atomic E-state index is 13.2. The van der Waals surface area contributed by atoms with Crippen molar-refractivity contribution in [2.75, 3.05) is 24.1 Å². The SMILES string of the molecule is Nc1ccccc1NC(=O)c1ccc(CC(C(=O)NCCc2ccccc2)C(=O)NCCc2ccccc2)cc1. The molecule has 0 bridgehead atoms. The Hall–Kier alpha value is -4.91. The van der Waals surface area contributed by atoms with Crippen LogP contribution in [0.15, 0.2) is 109 Å². The Morgan fingerprint density at radius 1 is 0.600 bits per heavy atom. The third-order valence-corrected chi connectivity index (χ3v) is 6.61. The fraction of sp³-hybridized carbons (Fsp3) is 0.182. The van der Waals surface area contributed by atoms with Gasteiger partial charge in [-0.2, -0.15) is 0 Å². The second kappa shape index (κ2) is 14.3. The third-order valence-electron chi connectivity index (χ3n) is 6.61. The van der Waals surface area contributed by atoms with Gasteiger partial charge in [-0.15, -0.1) is 0 Å². The predicted octanol–water partition coefficient (Wildman–Crippen LogP) is 4.40. The number of para-hydroxylation sites is 2. The predicted molar refractivity (Wildman–Crippen MR) is 159 cm³/mol. The second-order valence-corrected chi connectivity index (χ2v) is 9.55. The monoisotopic (exact) mass is 534 g/mol. The van der Waals surface area contributed by atoms with E-state index in [9.17, 15) is 14.4 Å². The summed E-state index contributed by atoms with van der Waals surface area (Å²) in [6.45, 7) is 0.858. The maximum Gasteiger partial charge on any atom is 0.255 e. The molecule has 204 valence electrons. The van der Waals surface area contributed by atoms with Gasteiger partial charge in [0.15, 0.2) is 0 Å². The van der Waals surface area contributed by atoms with Crippen LogP contribution in [0.4, 0.5) is 11.4 Å². The molecule has 0 atom stereocenters. The molecular formula is C33H34N4O3. The Kier molecular flexibility index (Phi) is 10.0. The molecule has 4 aromatic carbocycles. The van der Waals surface area contributed by atoms with E-state index in [1.807, 2.05) is 60.7 Å². The topological polar surface area (TPSA) is 113 Å². The van der Waals surface area contributed by atoms with Crippen LogP contribution in [0.25, 0.3) is 0 Å². The number of hydrogen-bond donors (Lipinski definition) is 4. The van der Waals surface area contributed by atoms with Crippen LogP contribution in [-0.4, -0.2) is 30.8 Å². The number of hydrogen-bond acceptors (Lipinski definition) is 4. The lowest BCUT2D eigenvalue weighted by Gasteiger charge is -2.17. The molecule has 7 nitrogen and oxygen atoms in total. The number of rotatable bonds is 12. The molecule has 0 saturated heterocycles. The average Bonchev–Trinajstić information content (AvgIpc) is 2.98. The first-order valence-electron chi connectivity index (χ1n) is 13.4. The summed E-state index contributed by atoms with van der Waals surface area (Å²) in [6, 6.07) is 33.7. The van der Waals surface area contributed by atoms with Gasteiger partial charge in [0, 0.05) is 18.7 Å². The van der Waals surface area contributed by atoms with Crippen LogP contribution >= 0.6 is 0 Å². The first-order valence-corrected chi connectivity index (χ1v) is 13.4. The van der Waals surface area contributed by atoms with Crippen LogP contribution in [0.3, 0.4) is 0 Å². The van der Waals surface area contributed by atoms with E-state index in [1.54, 1.807) is 48.5 Å². The number of carbonyl (C=O) groups excluding carboxylic acids is 3. The summed E-state index contributed by atoms with van der Waals surface area (Å²) in [7, 11) is 0. The van der Waals surface area contributed by atoms with Crippen molar-refractivity contribution in [1.82, 2.24) is 10.6 Å². The highest BCUT2D eigenvalue weighted by Crippen LogP contribution is 2.18. The molecule has 0 aliphatic carbocycles. The van der Waals surface area contributed by atoms with Crippen molar-refractivity contribution in [2.24, 2.45) is 5.92 Å². The number of nitrogens with two attached hydrogens (primary N) is 1. The minimum atomic E-state index is -0.907. The summed E-state index contributed by atoms with van der Waals surface area (Å²) < 4.78 is 0. The lowest BCUT2D eigenvalue weighted by molar-refractivity contribution is -0.135. The van der Waals surface area contributed by atoms with Crippen molar-refractivity contribution in [1.29, 1.82) is 0 Å². The molecular weight excluding hydrogens is 500 g/mol. The van der Waals surface area contributed by atoms with Crippen molar-refractivity contribution in [3.8, 4) is 0 Å². The number of amides is 3. The second-order valence-electron chi connectivity index (χ2n) is 9.55. The van der Waals surface area contributed by atoms with E-state index in [2.05, 4.69) is 16.0 Å². The number of carbonyl (C=O) groups is 3. The van der Waals surface area contributed by atoms with Crippen LogP contribution in [-0.2, 0) is 28.9 Å². The van der Waals surface area contributed by atoms with Gasteiger partial charge in [0.1, 0.15) is 5.92 Å². The smallest absolute Gasteiger partial charge is 0.255 e. The zero-order valence-electron chi connectivity index (χ0n) is 22.3. The van der Waals surface area contributed by atoms with Crippen molar-refractivity contribution in [3.63, 3.8) is 0 Å². The Balaban J connectivity index is 1.39. The van der Waals surface area contributed by atoms with Gasteiger partial charge in [0.25, 0.3) is 5.91 Å². The Bertz CT molecular complexity index is 1350. The summed E-state index contributed by atoms with van der Waals surface area (Å²) in [5, 5.41) is 8.66. The highest BCUT2D eigenvalue weighted by Gasteiger charge is 2.26. The molecule has 40 heavy (non-hydrogen) atoms. The summed E-state index contributed by atoms with van der Waals surface area (Å²) in [4.78, 5) is 39.0. The lowest BCUT2D eigenvalue weighted by Crippen LogP contribution is -2.43. The zero-order chi connectivity index (χ0) is 28.2. The van der Waals surface area contributed by atoms with E-state index in [4.69, 9.17) is 5.73 Å². The molecule has 0 aliphatic rings. The van der Waals surface area contributed by atoms with Crippen molar-refractivity contribution >= 4 is 29.1 Å². The van der Waals surface area contributed by atoms with Gasteiger partial charge in [0.05, 0.1) is 11.4 Å². The summed E-state index contributed by atoms with van der Waals surface area (Å²) in [6.07, 6.45) is 1.55. The molecule has 5 N–H and O–H groups in total. The molecule has 0 saturated carbocycles. The molecule has 0 heterocycles. The first-order chi connectivity index (χ1) is 19.5. The maximum atomic E-state index is 13.2. The Labute approximate surface area is 234 Å². The lowest BCUT2D eigenvalue weighted by atomic mass is 9.96. The molecule has 0 unspecified atom stereocenters. The molecule has 7 heteroatoms. The van der Waals surface area contributed by atoms with Gasteiger partial charge >= 0.3 is 0 Å². The van der Waals surface area contributed by atoms with Gasteiger partial charge in [0.2, 0.25) is 11.8 Å². The number of nitrogens with one attached hydrogen (secondary N) is 3. The first kappa shape index (κ1) is 28.1. The van der Waals surface area contributed by atoms with E-state index in [0.29, 0.717) is 42.9 Å². The standard InChI is InChI=1S/C33H34N4O3/c34-29-13-7-8-14-30(29)37-31(38)27-17-15-26(16-18-27)23-28(32(39)35-21-19-24-9-3-1-4-10-24)33(40)36-22-20-25-11-5-2-6-12-25/h1-18,28H,19-23,34H2,(H,35,39)(H,36,40)(H,37,38). The fourth-order valence-electron chi connectivity index (χ4n) is 4.33. The highest BCUT2D eigenvalue weighted by atomic mass is 16.2. The number of nitrogen functional groups attached to an aromatic ring is 1. The van der Waals surface area contributed by atoms with Crippen LogP contribution in [0.1, 0.15) is 27.0 Å². The molecule has 0 aliphatic heterocycles. The quantitative estimate of drug-likeness (QED) is 0.159. The van der Waals surface area contributed by atoms with Gasteiger partial charge in [-0.25, -0.2) is 0 Å². The van der Waals surface area contributed by atoms with E-state index in [1.165, 1.54) is 0 Å². The minimum absolute atomic E-state index is 0.210. The Morgan fingerprint density at radius 2 is 1.10 bits per heavy atom. The van der Waals surface area contributed by atoms with Gasteiger partial charge in [-0.1, -0.05) is 84.9 Å². The van der Waals surface area contributed by atoms with E-state index < -0.39 is 5.92 Å². The van der Waals surface area contributed by atoms with Crippen LogP contribution in [0.2, 0.25) is 0 Å². The Morgan fingerprint density at radius 3 is 1.62 bits per heavy atom. The van der Waals surface area contributed by atoms with Crippen molar-refractivity contribution in [3.05, 3.63) is 131 Å². The summed E-state index contributed by atoms with van der Waals surface area (Å²) in [5.41, 5.74) is 10.4. The molecule has 3 amide bonds. The zero-order valence-corrected chi connectivity index (χ0v) is 22.3. The average molecular weight is 535 g/mol. The molecule has 4 rings (SSSR count). The third kappa shape index (κ3) is 8.30. The highest BCUT2D eigenvalue weighted by molar-refractivity contribution is 6.05. The minimum Gasteiger partial charge on any atom is -0.397 e. The van der Waals surface area contributed by atoms with Crippen LogP contribution in [0, 0.1) is 5.92 Å². The van der Waals surface area contributed by atoms with Crippen molar-refractivity contribution < 1.29 is 14.4 Å². The van der Waals surface area contributed by atoms with Crippen molar-refractivity contribution in [2.45, 2.75) is 19.3 Å². The molecule has 0 radical (unpaired) electrons. The molecule has 0 fully saturated rings. The van der Waals surface area contributed by atoms with E-state index in [0.717, 1.165) is 16.7 Å². The van der Waals surface area contributed by atoms with Crippen LogP contribution < -0.4 is 21.7 Å². The molecule has 0 aromatic heterocycles. The molecule has 4 aromatic rings.